The number of sulfonamides is 1. The summed E-state index contributed by atoms with van der Waals surface area (Å²) in [6.45, 7) is 0.805. The Hall–Kier alpha value is -1.86. The van der Waals surface area contributed by atoms with Crippen LogP contribution in [-0.2, 0) is 10.0 Å². The number of amides is 1. The van der Waals surface area contributed by atoms with Gasteiger partial charge < -0.3 is 10.3 Å². The van der Waals surface area contributed by atoms with Gasteiger partial charge in [0.2, 0.25) is 10.0 Å². The molecular weight excluding hydrogens is 290 g/mol. The van der Waals surface area contributed by atoms with Crippen molar-refractivity contribution in [2.45, 2.75) is 6.42 Å². The van der Waals surface area contributed by atoms with Crippen LogP contribution in [0.25, 0.3) is 10.9 Å². The third kappa shape index (κ3) is 4.05. The van der Waals surface area contributed by atoms with Gasteiger partial charge in [0.05, 0.1) is 6.26 Å². The molecule has 2 rings (SSSR count). The van der Waals surface area contributed by atoms with Crippen molar-refractivity contribution in [1.29, 1.82) is 0 Å². The molecule has 0 saturated heterocycles. The molecule has 2 aromatic rings. The van der Waals surface area contributed by atoms with Gasteiger partial charge >= 0.3 is 0 Å². The molecule has 0 aliphatic heterocycles. The Labute approximate surface area is 124 Å². The summed E-state index contributed by atoms with van der Waals surface area (Å²) >= 11 is 0. The van der Waals surface area contributed by atoms with E-state index in [1.54, 1.807) is 6.07 Å². The minimum atomic E-state index is -3.16. The number of nitrogens with one attached hydrogen (secondary N) is 2. The molecule has 1 heterocycles. The largest absolute Gasteiger partial charge is 0.351 e. The van der Waals surface area contributed by atoms with Crippen LogP contribution in [0.1, 0.15) is 16.9 Å². The van der Waals surface area contributed by atoms with Gasteiger partial charge in [0, 0.05) is 31.0 Å². The second-order valence-corrected chi connectivity index (χ2v) is 7.05. The SMILES string of the molecule is CN(CCCNC(=O)c1cc2ccccc2[nH]1)S(C)(=O)=O. The number of hydrogen-bond donors (Lipinski definition) is 2. The number of fused-ring (bicyclic) bond motifs is 1. The molecule has 0 aliphatic rings. The van der Waals surface area contributed by atoms with E-state index in [-0.39, 0.29) is 5.91 Å². The fourth-order valence-corrected chi connectivity index (χ4v) is 2.42. The first-order valence-electron chi connectivity index (χ1n) is 6.65. The molecule has 2 N–H and O–H groups in total. The second kappa shape index (κ2) is 6.28. The van der Waals surface area contributed by atoms with Gasteiger partial charge in [0.15, 0.2) is 0 Å². The van der Waals surface area contributed by atoms with Crippen LogP contribution < -0.4 is 5.32 Å². The molecule has 0 radical (unpaired) electrons. The number of H-pyrrole nitrogens is 1. The van der Waals surface area contributed by atoms with Crippen molar-refractivity contribution in [3.63, 3.8) is 0 Å². The van der Waals surface area contributed by atoms with Gasteiger partial charge in [-0.25, -0.2) is 12.7 Å². The molecule has 0 bridgehead atoms. The van der Waals surface area contributed by atoms with Crippen molar-refractivity contribution in [2.75, 3.05) is 26.4 Å². The summed E-state index contributed by atoms with van der Waals surface area (Å²) in [7, 11) is -1.64. The van der Waals surface area contributed by atoms with Crippen LogP contribution in [0.2, 0.25) is 0 Å². The Morgan fingerprint density at radius 1 is 1.33 bits per heavy atom. The first-order chi connectivity index (χ1) is 9.88. The van der Waals surface area contributed by atoms with E-state index < -0.39 is 10.0 Å². The van der Waals surface area contributed by atoms with Crippen LogP contribution in [0.4, 0.5) is 0 Å². The molecule has 6 nitrogen and oxygen atoms in total. The van der Waals surface area contributed by atoms with Gasteiger partial charge in [-0.3, -0.25) is 4.79 Å². The Bertz CT molecular complexity index is 704. The predicted molar refractivity (Wildman–Crippen MR) is 82.7 cm³/mol. The molecule has 1 amide bonds. The molecule has 0 spiro atoms. The van der Waals surface area contributed by atoms with Crippen LogP contribution in [0, 0.1) is 0 Å². The summed E-state index contributed by atoms with van der Waals surface area (Å²) in [5, 5.41) is 3.76. The van der Waals surface area contributed by atoms with Gasteiger partial charge in [-0.1, -0.05) is 18.2 Å². The number of aromatic nitrogens is 1. The molecule has 0 aliphatic carbocycles. The van der Waals surface area contributed by atoms with Gasteiger partial charge in [-0.05, 0) is 18.6 Å². The lowest BCUT2D eigenvalue weighted by molar-refractivity contribution is 0.0948. The first kappa shape index (κ1) is 15.5. The number of nitrogens with zero attached hydrogens (tertiary/aromatic N) is 1. The van der Waals surface area contributed by atoms with Crippen molar-refractivity contribution in [2.24, 2.45) is 0 Å². The molecule has 21 heavy (non-hydrogen) atoms. The van der Waals surface area contributed by atoms with E-state index in [9.17, 15) is 13.2 Å². The van der Waals surface area contributed by atoms with Gasteiger partial charge in [-0.2, -0.15) is 0 Å². The van der Waals surface area contributed by atoms with Crippen LogP contribution in [0.5, 0.6) is 0 Å². The van der Waals surface area contributed by atoms with Crippen molar-refractivity contribution in [3.05, 3.63) is 36.0 Å². The van der Waals surface area contributed by atoms with Crippen LogP contribution >= 0.6 is 0 Å². The van der Waals surface area contributed by atoms with Crippen molar-refractivity contribution >= 4 is 26.8 Å². The minimum Gasteiger partial charge on any atom is -0.351 e. The second-order valence-electron chi connectivity index (χ2n) is 4.96. The highest BCUT2D eigenvalue weighted by molar-refractivity contribution is 7.88. The monoisotopic (exact) mass is 309 g/mol. The molecule has 0 fully saturated rings. The summed E-state index contributed by atoms with van der Waals surface area (Å²) in [5.74, 6) is -0.187. The van der Waals surface area contributed by atoms with E-state index in [0.717, 1.165) is 17.2 Å². The molecular formula is C14H19N3O3S. The third-order valence-corrected chi connectivity index (χ3v) is 4.59. The predicted octanol–water partition coefficient (Wildman–Crippen LogP) is 1.18. The van der Waals surface area contributed by atoms with Crippen LogP contribution in [0.15, 0.2) is 30.3 Å². The summed E-state index contributed by atoms with van der Waals surface area (Å²) in [5.41, 5.74) is 1.42. The average Bonchev–Trinajstić information content (AvgIpc) is 2.86. The van der Waals surface area contributed by atoms with Crippen LogP contribution in [-0.4, -0.2) is 50.0 Å². The first-order valence-corrected chi connectivity index (χ1v) is 8.50. The standard InChI is InChI=1S/C14H19N3O3S/c1-17(21(2,19)20)9-5-8-15-14(18)13-10-11-6-3-4-7-12(11)16-13/h3-4,6-7,10,16H,5,8-9H2,1-2H3,(H,15,18). The van der Waals surface area contributed by atoms with Crippen LogP contribution in [0.3, 0.4) is 0 Å². The van der Waals surface area contributed by atoms with E-state index in [1.165, 1.54) is 11.4 Å². The molecule has 0 atom stereocenters. The van der Waals surface area contributed by atoms with E-state index in [4.69, 9.17) is 0 Å². The highest BCUT2D eigenvalue weighted by atomic mass is 32.2. The van der Waals surface area contributed by atoms with Crippen molar-refractivity contribution in [3.8, 4) is 0 Å². The quantitative estimate of drug-likeness (QED) is 0.786. The highest BCUT2D eigenvalue weighted by Crippen LogP contribution is 2.14. The molecule has 0 saturated carbocycles. The number of para-hydroxylation sites is 1. The number of aromatic amines is 1. The summed E-state index contributed by atoms with van der Waals surface area (Å²) in [6, 6.07) is 9.46. The number of benzene rings is 1. The van der Waals surface area contributed by atoms with E-state index in [1.807, 2.05) is 24.3 Å². The molecule has 1 aromatic carbocycles. The highest BCUT2D eigenvalue weighted by Gasteiger charge is 2.11. The van der Waals surface area contributed by atoms with E-state index in [0.29, 0.717) is 25.2 Å². The maximum absolute atomic E-state index is 12.0. The van der Waals surface area contributed by atoms with Gasteiger partial charge in [0.25, 0.3) is 5.91 Å². The number of rotatable bonds is 6. The van der Waals surface area contributed by atoms with Crippen molar-refractivity contribution < 1.29 is 13.2 Å². The number of carbonyl (C=O) groups excluding carboxylic acids is 1. The van der Waals surface area contributed by atoms with Crippen molar-refractivity contribution in [1.82, 2.24) is 14.6 Å². The lowest BCUT2D eigenvalue weighted by Crippen LogP contribution is -2.31. The number of hydrogen-bond acceptors (Lipinski definition) is 3. The fourth-order valence-electron chi connectivity index (χ4n) is 1.96. The smallest absolute Gasteiger partial charge is 0.267 e. The zero-order valence-electron chi connectivity index (χ0n) is 12.1. The maximum Gasteiger partial charge on any atom is 0.267 e. The minimum absolute atomic E-state index is 0.187. The van der Waals surface area contributed by atoms with E-state index in [2.05, 4.69) is 10.3 Å². The zero-order valence-corrected chi connectivity index (χ0v) is 12.9. The Kier molecular flexibility index (Phi) is 4.64. The molecule has 0 unspecified atom stereocenters. The topological polar surface area (TPSA) is 82.3 Å². The summed E-state index contributed by atoms with van der Waals surface area (Å²) < 4.78 is 23.7. The lowest BCUT2D eigenvalue weighted by Gasteiger charge is -2.13. The molecule has 7 heteroatoms. The Morgan fingerprint density at radius 2 is 2.05 bits per heavy atom. The summed E-state index contributed by atoms with van der Waals surface area (Å²) in [4.78, 5) is 15.0. The van der Waals surface area contributed by atoms with E-state index >= 15 is 0 Å². The molecule has 1 aromatic heterocycles. The summed E-state index contributed by atoms with van der Waals surface area (Å²) in [6.07, 6.45) is 1.73. The fraction of sp³-hybridized carbons (Fsp3) is 0.357. The third-order valence-electron chi connectivity index (χ3n) is 3.28. The Morgan fingerprint density at radius 3 is 2.71 bits per heavy atom. The average molecular weight is 309 g/mol. The molecule has 114 valence electrons. The Balaban J connectivity index is 1.85. The van der Waals surface area contributed by atoms with Gasteiger partial charge in [-0.15, -0.1) is 0 Å². The lowest BCUT2D eigenvalue weighted by atomic mass is 10.2. The zero-order chi connectivity index (χ0) is 15.5. The normalized spacial score (nSPS) is 12.0. The van der Waals surface area contributed by atoms with Gasteiger partial charge in [0.1, 0.15) is 5.69 Å². The maximum atomic E-state index is 12.0. The number of carbonyl (C=O) groups is 1.